The molecule has 4 aromatic rings. The smallest absolute Gasteiger partial charge is 0.258 e. The summed E-state index contributed by atoms with van der Waals surface area (Å²) in [7, 11) is 0. The average molecular weight is 441 g/mol. The number of hydrogen-bond donors (Lipinski definition) is 1. The number of carbonyl (C=O) groups excluding carboxylic acids is 2. The van der Waals surface area contributed by atoms with E-state index in [1.54, 1.807) is 35.4 Å². The molecule has 1 aliphatic heterocycles. The van der Waals surface area contributed by atoms with Crippen LogP contribution in [-0.2, 0) is 11.3 Å². The van der Waals surface area contributed by atoms with E-state index in [2.05, 4.69) is 34.6 Å². The maximum atomic E-state index is 13.2. The van der Waals surface area contributed by atoms with E-state index >= 15 is 0 Å². The van der Waals surface area contributed by atoms with Crippen LogP contribution >= 0.6 is 0 Å². The molecule has 0 radical (unpaired) electrons. The third-order valence-corrected chi connectivity index (χ3v) is 5.86. The van der Waals surface area contributed by atoms with E-state index in [4.69, 9.17) is 4.74 Å². The Hall–Kier alpha value is -3.97. The van der Waals surface area contributed by atoms with Crippen molar-refractivity contribution in [1.29, 1.82) is 0 Å². The summed E-state index contributed by atoms with van der Waals surface area (Å²) in [6, 6.07) is 21.3. The van der Waals surface area contributed by atoms with Crippen LogP contribution in [0.15, 0.2) is 79.1 Å². The van der Waals surface area contributed by atoms with E-state index in [0.29, 0.717) is 49.9 Å². The van der Waals surface area contributed by atoms with Crippen molar-refractivity contribution in [2.75, 3.05) is 31.6 Å². The van der Waals surface area contributed by atoms with Gasteiger partial charge >= 0.3 is 0 Å². The number of morpholine rings is 1. The summed E-state index contributed by atoms with van der Waals surface area (Å²) in [4.78, 5) is 32.3. The number of imidazole rings is 1. The van der Waals surface area contributed by atoms with Gasteiger partial charge in [0.05, 0.1) is 30.9 Å². The van der Waals surface area contributed by atoms with Crippen LogP contribution in [0.2, 0.25) is 0 Å². The minimum Gasteiger partial charge on any atom is -0.378 e. The SMILES string of the molecule is O=C(Nc1nccn1Cc1cccc2ccccc12)c1ccccc1C(=O)N1CCOCC1. The average Bonchev–Trinajstić information content (AvgIpc) is 3.30. The zero-order valence-electron chi connectivity index (χ0n) is 18.1. The first-order valence-corrected chi connectivity index (χ1v) is 11.0. The highest BCUT2D eigenvalue weighted by molar-refractivity contribution is 6.11. The van der Waals surface area contributed by atoms with E-state index in [1.807, 2.05) is 29.0 Å². The van der Waals surface area contributed by atoms with Crippen LogP contribution in [0.3, 0.4) is 0 Å². The number of carbonyl (C=O) groups is 2. The fourth-order valence-corrected chi connectivity index (χ4v) is 4.15. The second kappa shape index (κ2) is 9.26. The third kappa shape index (κ3) is 4.36. The van der Waals surface area contributed by atoms with Crippen LogP contribution < -0.4 is 5.32 Å². The van der Waals surface area contributed by atoms with Crippen molar-refractivity contribution in [3.63, 3.8) is 0 Å². The van der Waals surface area contributed by atoms with E-state index in [9.17, 15) is 9.59 Å². The maximum Gasteiger partial charge on any atom is 0.258 e. The van der Waals surface area contributed by atoms with Crippen LogP contribution in [0.25, 0.3) is 10.8 Å². The summed E-state index contributed by atoms with van der Waals surface area (Å²) in [6.45, 7) is 2.61. The number of benzene rings is 3. The number of nitrogens with zero attached hydrogens (tertiary/aromatic N) is 3. The highest BCUT2D eigenvalue weighted by Crippen LogP contribution is 2.21. The molecule has 2 heterocycles. The number of anilines is 1. The lowest BCUT2D eigenvalue weighted by Gasteiger charge is -2.27. The zero-order valence-corrected chi connectivity index (χ0v) is 18.1. The van der Waals surface area contributed by atoms with Gasteiger partial charge in [-0.2, -0.15) is 0 Å². The van der Waals surface area contributed by atoms with Gasteiger partial charge in [-0.05, 0) is 28.5 Å². The summed E-state index contributed by atoms with van der Waals surface area (Å²) in [5.74, 6) is -0.0951. The van der Waals surface area contributed by atoms with Crippen molar-refractivity contribution < 1.29 is 14.3 Å². The molecule has 5 rings (SSSR count). The van der Waals surface area contributed by atoms with E-state index in [1.165, 1.54) is 0 Å². The summed E-state index contributed by atoms with van der Waals surface area (Å²) in [5, 5.41) is 5.21. The Morgan fingerprint density at radius 1 is 0.909 bits per heavy atom. The Balaban J connectivity index is 1.38. The van der Waals surface area contributed by atoms with Gasteiger partial charge in [-0.1, -0.05) is 54.6 Å². The van der Waals surface area contributed by atoms with Crippen molar-refractivity contribution in [2.24, 2.45) is 0 Å². The first kappa shape index (κ1) is 20.9. The monoisotopic (exact) mass is 440 g/mol. The fourth-order valence-electron chi connectivity index (χ4n) is 4.15. The van der Waals surface area contributed by atoms with Crippen molar-refractivity contribution in [2.45, 2.75) is 6.54 Å². The van der Waals surface area contributed by atoms with Gasteiger partial charge < -0.3 is 14.2 Å². The van der Waals surface area contributed by atoms with Gasteiger partial charge in [0.15, 0.2) is 0 Å². The van der Waals surface area contributed by atoms with E-state index < -0.39 is 0 Å². The Kier molecular flexibility index (Phi) is 5.87. The first-order chi connectivity index (χ1) is 16.2. The van der Waals surface area contributed by atoms with Crippen LogP contribution in [0.4, 0.5) is 5.95 Å². The van der Waals surface area contributed by atoms with Crippen LogP contribution in [0.5, 0.6) is 0 Å². The van der Waals surface area contributed by atoms with Gasteiger partial charge in [0.2, 0.25) is 5.95 Å². The lowest BCUT2D eigenvalue weighted by atomic mass is 10.0. The van der Waals surface area contributed by atoms with Crippen molar-refractivity contribution >= 4 is 28.5 Å². The van der Waals surface area contributed by atoms with Gasteiger partial charge in [0.25, 0.3) is 11.8 Å². The standard InChI is InChI=1S/C26H24N4O3/c31-24(22-10-3-4-11-23(22)25(32)29-14-16-33-17-15-29)28-26-27-12-13-30(26)18-20-8-5-7-19-6-1-2-9-21(19)20/h1-13H,14-18H2,(H,27,28,31). The molecular formula is C26H24N4O3. The molecule has 166 valence electrons. The normalized spacial score (nSPS) is 13.8. The van der Waals surface area contributed by atoms with Crippen molar-refractivity contribution in [3.05, 3.63) is 95.8 Å². The Morgan fingerprint density at radius 2 is 1.64 bits per heavy atom. The summed E-state index contributed by atoms with van der Waals surface area (Å²) >= 11 is 0. The molecule has 1 aliphatic rings. The molecule has 7 nitrogen and oxygen atoms in total. The molecular weight excluding hydrogens is 416 g/mol. The molecule has 0 spiro atoms. The summed E-state index contributed by atoms with van der Waals surface area (Å²) in [5.41, 5.74) is 1.84. The molecule has 3 aromatic carbocycles. The van der Waals surface area contributed by atoms with Crippen molar-refractivity contribution in [3.8, 4) is 0 Å². The number of ether oxygens (including phenoxy) is 1. The van der Waals surface area contributed by atoms with E-state index in [0.717, 1.165) is 16.3 Å². The minimum absolute atomic E-state index is 0.164. The predicted molar refractivity (Wildman–Crippen MR) is 126 cm³/mol. The van der Waals surface area contributed by atoms with Gasteiger partial charge in [0, 0.05) is 25.5 Å². The van der Waals surface area contributed by atoms with Gasteiger partial charge in [-0.25, -0.2) is 4.98 Å². The second-order valence-electron chi connectivity index (χ2n) is 7.92. The molecule has 0 bridgehead atoms. The second-order valence-corrected chi connectivity index (χ2v) is 7.92. The molecule has 2 amide bonds. The quantitative estimate of drug-likeness (QED) is 0.512. The highest BCUT2D eigenvalue weighted by atomic mass is 16.5. The third-order valence-electron chi connectivity index (χ3n) is 5.86. The Labute approximate surface area is 191 Å². The Morgan fingerprint density at radius 3 is 2.48 bits per heavy atom. The Bertz CT molecular complexity index is 1300. The number of amides is 2. The molecule has 33 heavy (non-hydrogen) atoms. The molecule has 1 saturated heterocycles. The molecule has 1 N–H and O–H groups in total. The topological polar surface area (TPSA) is 76.5 Å². The highest BCUT2D eigenvalue weighted by Gasteiger charge is 2.24. The van der Waals surface area contributed by atoms with Gasteiger partial charge in [-0.15, -0.1) is 0 Å². The first-order valence-electron chi connectivity index (χ1n) is 11.0. The molecule has 1 fully saturated rings. The molecule has 0 atom stereocenters. The number of nitrogens with one attached hydrogen (secondary N) is 1. The molecule has 0 saturated carbocycles. The largest absolute Gasteiger partial charge is 0.378 e. The molecule has 7 heteroatoms. The van der Waals surface area contributed by atoms with Crippen molar-refractivity contribution in [1.82, 2.24) is 14.5 Å². The van der Waals surface area contributed by atoms with Crippen LogP contribution in [0.1, 0.15) is 26.3 Å². The van der Waals surface area contributed by atoms with Gasteiger partial charge in [-0.3, -0.25) is 14.9 Å². The predicted octanol–water partition coefficient (Wildman–Crippen LogP) is 3.81. The maximum absolute atomic E-state index is 13.2. The number of rotatable bonds is 5. The molecule has 1 aromatic heterocycles. The zero-order chi connectivity index (χ0) is 22.6. The van der Waals surface area contributed by atoms with Gasteiger partial charge in [0.1, 0.15) is 0 Å². The number of fused-ring (bicyclic) bond motifs is 1. The fraction of sp³-hybridized carbons (Fsp3) is 0.192. The summed E-state index contributed by atoms with van der Waals surface area (Å²) < 4.78 is 7.23. The van der Waals surface area contributed by atoms with Crippen LogP contribution in [-0.4, -0.2) is 52.6 Å². The number of aromatic nitrogens is 2. The lowest BCUT2D eigenvalue weighted by Crippen LogP contribution is -2.41. The van der Waals surface area contributed by atoms with E-state index in [-0.39, 0.29) is 11.8 Å². The van der Waals surface area contributed by atoms with Crippen LogP contribution in [0, 0.1) is 0 Å². The lowest BCUT2D eigenvalue weighted by molar-refractivity contribution is 0.0302. The molecule has 0 aliphatic carbocycles. The number of hydrogen-bond acceptors (Lipinski definition) is 4. The minimum atomic E-state index is -0.363. The summed E-state index contributed by atoms with van der Waals surface area (Å²) in [6.07, 6.45) is 3.49. The molecule has 0 unspecified atom stereocenters.